The van der Waals surface area contributed by atoms with Gasteiger partial charge in [-0.2, -0.15) is 0 Å². The minimum Gasteiger partial charge on any atom is -0.455 e. The van der Waals surface area contributed by atoms with E-state index >= 15 is 0 Å². The number of nitrogens with one attached hydrogen (secondary N) is 1. The van der Waals surface area contributed by atoms with Gasteiger partial charge in [0.2, 0.25) is 0 Å². The molecule has 0 fully saturated rings. The predicted molar refractivity (Wildman–Crippen MR) is 109 cm³/mol. The van der Waals surface area contributed by atoms with Gasteiger partial charge in [0.15, 0.2) is 16.8 Å². The van der Waals surface area contributed by atoms with Crippen LogP contribution in [0.3, 0.4) is 0 Å². The summed E-state index contributed by atoms with van der Waals surface area (Å²) in [5.41, 5.74) is 1.49. The topological polar surface area (TPSA) is 81.2 Å². The van der Waals surface area contributed by atoms with Crippen molar-refractivity contribution in [1.29, 1.82) is 0 Å². The van der Waals surface area contributed by atoms with Crippen LogP contribution in [0.2, 0.25) is 10.0 Å². The molecule has 2 heterocycles. The third-order valence-corrected chi connectivity index (χ3v) is 6.41. The van der Waals surface area contributed by atoms with E-state index in [9.17, 15) is 9.59 Å². The molecular weight excluding hydrogens is 429 g/mol. The number of halogens is 2. The number of hydrogen-bond donors (Lipinski definition) is 1. The summed E-state index contributed by atoms with van der Waals surface area (Å²) in [7, 11) is 0. The number of fused-ring (bicyclic) bond motifs is 1. The van der Waals surface area contributed by atoms with Crippen molar-refractivity contribution < 1.29 is 14.3 Å². The molecule has 0 spiro atoms. The Morgan fingerprint density at radius 1 is 1.30 bits per heavy atom. The smallest absolute Gasteiger partial charge is 0.316 e. The van der Waals surface area contributed by atoms with Crippen LogP contribution in [0.15, 0.2) is 34.8 Å². The molecule has 0 bridgehead atoms. The number of ether oxygens (including phenoxy) is 1. The molecule has 0 saturated carbocycles. The van der Waals surface area contributed by atoms with E-state index in [0.717, 1.165) is 14.6 Å². The highest BCUT2D eigenvalue weighted by atomic mass is 35.5. The first-order valence-corrected chi connectivity index (χ1v) is 10.2. The second kappa shape index (κ2) is 8.88. The predicted octanol–water partition coefficient (Wildman–Crippen LogP) is 4.58. The summed E-state index contributed by atoms with van der Waals surface area (Å²) in [5.74, 6) is -0.819. The third-order valence-electron chi connectivity index (χ3n) is 3.41. The Morgan fingerprint density at radius 2 is 2.07 bits per heavy atom. The molecule has 27 heavy (non-hydrogen) atoms. The van der Waals surface area contributed by atoms with Crippen LogP contribution in [0.25, 0.3) is 10.2 Å². The number of thioether (sulfide) groups is 1. The van der Waals surface area contributed by atoms with E-state index < -0.39 is 18.5 Å². The maximum absolute atomic E-state index is 11.9. The summed E-state index contributed by atoms with van der Waals surface area (Å²) in [5, 5.41) is 3.13. The van der Waals surface area contributed by atoms with E-state index in [2.05, 4.69) is 15.3 Å². The number of anilines is 1. The van der Waals surface area contributed by atoms with Crippen LogP contribution in [0.4, 0.5) is 5.82 Å². The van der Waals surface area contributed by atoms with Gasteiger partial charge in [-0.1, -0.05) is 47.1 Å². The lowest BCUT2D eigenvalue weighted by Crippen LogP contribution is -2.22. The van der Waals surface area contributed by atoms with Gasteiger partial charge in [0.05, 0.1) is 26.0 Å². The highest BCUT2D eigenvalue weighted by Gasteiger charge is 2.14. The molecule has 0 atom stereocenters. The van der Waals surface area contributed by atoms with Gasteiger partial charge in [-0.05, 0) is 24.6 Å². The number of amides is 1. The molecule has 0 aliphatic carbocycles. The summed E-state index contributed by atoms with van der Waals surface area (Å²) in [4.78, 5) is 32.1. The van der Waals surface area contributed by atoms with Gasteiger partial charge in [-0.25, -0.2) is 9.97 Å². The SMILES string of the molecule is Cc1c(Cl)cnc(NC(=O)COC(=O)CSc2nc3ccccc3s2)c1Cl. The van der Waals surface area contributed by atoms with Crippen LogP contribution >= 0.6 is 46.3 Å². The first-order chi connectivity index (χ1) is 12.9. The second-order valence-corrected chi connectivity index (χ2v) is 8.38. The first kappa shape index (κ1) is 19.9. The molecule has 0 radical (unpaired) electrons. The maximum Gasteiger partial charge on any atom is 0.316 e. The number of aromatic nitrogens is 2. The number of carbonyl (C=O) groups excluding carboxylic acids is 2. The monoisotopic (exact) mass is 441 g/mol. The number of esters is 1. The van der Waals surface area contributed by atoms with Crippen LogP contribution in [0.1, 0.15) is 5.56 Å². The molecule has 1 N–H and O–H groups in total. The summed E-state index contributed by atoms with van der Waals surface area (Å²) in [6.45, 7) is 1.28. The van der Waals surface area contributed by atoms with Crippen LogP contribution in [-0.4, -0.2) is 34.2 Å². The highest BCUT2D eigenvalue weighted by Crippen LogP contribution is 2.30. The third kappa shape index (κ3) is 5.10. The Balaban J connectivity index is 1.47. The summed E-state index contributed by atoms with van der Waals surface area (Å²) < 4.78 is 6.79. The van der Waals surface area contributed by atoms with E-state index in [1.165, 1.54) is 29.3 Å². The molecule has 0 saturated heterocycles. The van der Waals surface area contributed by atoms with Crippen LogP contribution in [-0.2, 0) is 14.3 Å². The zero-order valence-corrected chi connectivity index (χ0v) is 17.1. The molecule has 6 nitrogen and oxygen atoms in total. The zero-order chi connectivity index (χ0) is 19.4. The number of carbonyl (C=O) groups is 2. The summed E-state index contributed by atoms with van der Waals surface area (Å²) >= 11 is 14.7. The van der Waals surface area contributed by atoms with Crippen LogP contribution < -0.4 is 5.32 Å². The summed E-state index contributed by atoms with van der Waals surface area (Å²) in [6.07, 6.45) is 1.39. The molecule has 0 unspecified atom stereocenters. The lowest BCUT2D eigenvalue weighted by molar-refractivity contribution is -0.144. The molecule has 10 heteroatoms. The number of hydrogen-bond acceptors (Lipinski definition) is 7. The van der Waals surface area contributed by atoms with Gasteiger partial charge in [0.1, 0.15) is 0 Å². The number of nitrogens with zero attached hydrogens (tertiary/aromatic N) is 2. The molecule has 140 valence electrons. The quantitative estimate of drug-likeness (QED) is 0.445. The van der Waals surface area contributed by atoms with Crippen molar-refractivity contribution in [2.75, 3.05) is 17.7 Å². The van der Waals surface area contributed by atoms with Crippen molar-refractivity contribution in [3.05, 3.63) is 46.1 Å². The zero-order valence-electron chi connectivity index (χ0n) is 14.0. The number of rotatable bonds is 6. The fourth-order valence-electron chi connectivity index (χ4n) is 2.03. The van der Waals surface area contributed by atoms with E-state index in [-0.39, 0.29) is 16.6 Å². The van der Waals surface area contributed by atoms with E-state index in [4.69, 9.17) is 27.9 Å². The Labute approximate surface area is 173 Å². The van der Waals surface area contributed by atoms with Crippen molar-refractivity contribution in [2.24, 2.45) is 0 Å². The molecule has 3 aromatic rings. The minimum atomic E-state index is -0.538. The average molecular weight is 442 g/mol. The van der Waals surface area contributed by atoms with Crippen molar-refractivity contribution in [3.8, 4) is 0 Å². The van der Waals surface area contributed by atoms with Gasteiger partial charge in [-0.15, -0.1) is 11.3 Å². The Bertz CT molecular complexity index is 977. The number of pyridine rings is 1. The summed E-state index contributed by atoms with van der Waals surface area (Å²) in [6, 6.07) is 7.73. The van der Waals surface area contributed by atoms with Crippen molar-refractivity contribution in [3.63, 3.8) is 0 Å². The fourth-order valence-corrected chi connectivity index (χ4v) is 4.29. The fraction of sp³-hybridized carbons (Fsp3) is 0.176. The maximum atomic E-state index is 11.9. The molecular formula is C17H13Cl2N3O3S2. The standard InChI is InChI=1S/C17H13Cl2N3O3S2/c1-9-10(18)6-20-16(15(9)19)22-13(23)7-25-14(24)8-26-17-21-11-4-2-3-5-12(11)27-17/h2-6H,7-8H2,1H3,(H,20,22,23). The van der Waals surface area contributed by atoms with E-state index in [1.54, 1.807) is 6.92 Å². The van der Waals surface area contributed by atoms with Crippen LogP contribution in [0.5, 0.6) is 0 Å². The largest absolute Gasteiger partial charge is 0.455 e. The van der Waals surface area contributed by atoms with Gasteiger partial charge in [0.25, 0.3) is 5.91 Å². The van der Waals surface area contributed by atoms with Gasteiger partial charge in [-0.3, -0.25) is 9.59 Å². The Hall–Kier alpha value is -1.87. The number of benzene rings is 1. The molecule has 0 aliphatic rings. The van der Waals surface area contributed by atoms with E-state index in [0.29, 0.717) is 10.6 Å². The molecule has 2 aromatic heterocycles. The molecule has 0 aliphatic heterocycles. The first-order valence-electron chi connectivity index (χ1n) is 7.68. The van der Waals surface area contributed by atoms with Gasteiger partial charge >= 0.3 is 5.97 Å². The van der Waals surface area contributed by atoms with E-state index in [1.807, 2.05) is 24.3 Å². The van der Waals surface area contributed by atoms with Crippen LogP contribution in [0, 0.1) is 6.92 Å². The lowest BCUT2D eigenvalue weighted by Gasteiger charge is -2.09. The number of thiazole rings is 1. The lowest BCUT2D eigenvalue weighted by atomic mass is 10.3. The minimum absolute atomic E-state index is 0.0617. The normalized spacial score (nSPS) is 10.8. The van der Waals surface area contributed by atoms with Crippen molar-refractivity contribution in [1.82, 2.24) is 9.97 Å². The average Bonchev–Trinajstić information content (AvgIpc) is 3.08. The molecule has 3 rings (SSSR count). The van der Waals surface area contributed by atoms with Crippen molar-refractivity contribution >= 4 is 74.2 Å². The van der Waals surface area contributed by atoms with Gasteiger partial charge < -0.3 is 10.1 Å². The van der Waals surface area contributed by atoms with Crippen molar-refractivity contribution in [2.45, 2.75) is 11.3 Å². The highest BCUT2D eigenvalue weighted by molar-refractivity contribution is 8.01. The Morgan fingerprint density at radius 3 is 2.85 bits per heavy atom. The van der Waals surface area contributed by atoms with Gasteiger partial charge in [0, 0.05) is 6.20 Å². The number of para-hydroxylation sites is 1. The molecule has 1 aromatic carbocycles. The second-order valence-electron chi connectivity index (χ2n) is 5.34. The Kier molecular flexibility index (Phi) is 6.54. The molecule has 1 amide bonds.